The normalized spacial score (nSPS) is 12.5. The Morgan fingerprint density at radius 3 is 2.61 bits per heavy atom. The van der Waals surface area contributed by atoms with Crippen molar-refractivity contribution in [1.29, 1.82) is 0 Å². The lowest BCUT2D eigenvalue weighted by atomic mass is 10.0. The zero-order valence-corrected chi connectivity index (χ0v) is 18.2. The molecule has 2 rings (SSSR count). The Balaban J connectivity index is 2.05. The smallest absolute Gasteiger partial charge is 0.224 e. The number of aryl methyl sites for hydroxylation is 1. The van der Waals surface area contributed by atoms with Gasteiger partial charge in [-0.25, -0.2) is 0 Å². The van der Waals surface area contributed by atoms with Gasteiger partial charge in [0.25, 0.3) is 0 Å². The summed E-state index contributed by atoms with van der Waals surface area (Å²) in [7, 11) is 5.69. The van der Waals surface area contributed by atoms with E-state index in [-0.39, 0.29) is 11.9 Å². The van der Waals surface area contributed by atoms with Gasteiger partial charge in [-0.3, -0.25) is 9.48 Å². The minimum Gasteiger partial charge on any atom is -0.497 e. The summed E-state index contributed by atoms with van der Waals surface area (Å²) in [5.41, 5.74) is 4.16. The van der Waals surface area contributed by atoms with Gasteiger partial charge in [0, 0.05) is 24.3 Å². The molecule has 1 heterocycles. The molecule has 0 fully saturated rings. The molecule has 6 heteroatoms. The van der Waals surface area contributed by atoms with Crippen molar-refractivity contribution < 1.29 is 9.53 Å². The maximum Gasteiger partial charge on any atom is 0.224 e. The number of rotatable bonds is 9. The summed E-state index contributed by atoms with van der Waals surface area (Å²) in [6.07, 6.45) is 0.355. The van der Waals surface area contributed by atoms with E-state index in [4.69, 9.17) is 4.74 Å². The van der Waals surface area contributed by atoms with Gasteiger partial charge in [0.15, 0.2) is 0 Å². The number of benzene rings is 1. The van der Waals surface area contributed by atoms with E-state index in [0.29, 0.717) is 18.9 Å². The minimum atomic E-state index is 0.0186. The van der Waals surface area contributed by atoms with Crippen LogP contribution in [0.3, 0.4) is 0 Å². The first kappa shape index (κ1) is 22.0. The number of hydrogen-bond donors (Lipinski definition) is 1. The average Bonchev–Trinajstić information content (AvgIpc) is 2.88. The number of ether oxygens (including phenoxy) is 1. The van der Waals surface area contributed by atoms with Crippen molar-refractivity contribution in [2.24, 2.45) is 5.92 Å². The molecule has 28 heavy (non-hydrogen) atoms. The molecular formula is C22H34N4O2. The first-order chi connectivity index (χ1) is 13.2. The topological polar surface area (TPSA) is 59.4 Å². The zero-order valence-electron chi connectivity index (χ0n) is 18.2. The summed E-state index contributed by atoms with van der Waals surface area (Å²) >= 11 is 0. The van der Waals surface area contributed by atoms with Crippen molar-refractivity contribution in [3.63, 3.8) is 0 Å². The molecule has 1 atom stereocenters. The summed E-state index contributed by atoms with van der Waals surface area (Å²) in [6.45, 7) is 9.77. The Labute approximate surface area is 168 Å². The van der Waals surface area contributed by atoms with Crippen molar-refractivity contribution in [3.8, 4) is 5.75 Å². The van der Waals surface area contributed by atoms with Crippen LogP contribution in [0.25, 0.3) is 0 Å². The number of amides is 1. The maximum atomic E-state index is 12.6. The molecule has 0 spiro atoms. The lowest BCUT2D eigenvalue weighted by Crippen LogP contribution is -2.35. The summed E-state index contributed by atoms with van der Waals surface area (Å²) < 4.78 is 7.35. The number of likely N-dealkylation sites (N-methyl/N-ethyl adjacent to an activating group) is 1. The fourth-order valence-corrected chi connectivity index (χ4v) is 3.39. The second kappa shape index (κ2) is 9.73. The van der Waals surface area contributed by atoms with Crippen LogP contribution in [0.4, 0.5) is 0 Å². The van der Waals surface area contributed by atoms with E-state index < -0.39 is 0 Å². The van der Waals surface area contributed by atoms with Gasteiger partial charge in [0.1, 0.15) is 5.75 Å². The first-order valence-corrected chi connectivity index (χ1v) is 9.82. The van der Waals surface area contributed by atoms with Gasteiger partial charge in [-0.1, -0.05) is 26.0 Å². The predicted molar refractivity (Wildman–Crippen MR) is 113 cm³/mol. The number of methoxy groups -OCH3 is 1. The van der Waals surface area contributed by atoms with Crippen LogP contribution in [-0.2, 0) is 17.8 Å². The van der Waals surface area contributed by atoms with Gasteiger partial charge in [0.2, 0.25) is 5.91 Å². The van der Waals surface area contributed by atoms with Gasteiger partial charge in [-0.2, -0.15) is 5.10 Å². The Kier molecular flexibility index (Phi) is 7.63. The molecule has 1 N–H and O–H groups in total. The fourth-order valence-electron chi connectivity index (χ4n) is 3.39. The highest BCUT2D eigenvalue weighted by Gasteiger charge is 2.19. The van der Waals surface area contributed by atoms with Crippen LogP contribution < -0.4 is 10.1 Å². The van der Waals surface area contributed by atoms with Crippen molar-refractivity contribution in [2.75, 3.05) is 27.7 Å². The lowest BCUT2D eigenvalue weighted by molar-refractivity contribution is -0.120. The van der Waals surface area contributed by atoms with Crippen molar-refractivity contribution in [1.82, 2.24) is 20.0 Å². The summed E-state index contributed by atoms with van der Waals surface area (Å²) in [5.74, 6) is 1.35. The number of carbonyl (C=O) groups is 1. The Hall–Kier alpha value is -2.34. The van der Waals surface area contributed by atoms with Crippen molar-refractivity contribution >= 4 is 5.91 Å². The average molecular weight is 387 g/mol. The Morgan fingerprint density at radius 2 is 2.00 bits per heavy atom. The van der Waals surface area contributed by atoms with Gasteiger partial charge >= 0.3 is 0 Å². The Morgan fingerprint density at radius 1 is 1.29 bits per heavy atom. The largest absolute Gasteiger partial charge is 0.497 e. The summed E-state index contributed by atoms with van der Waals surface area (Å²) in [5, 5.41) is 7.70. The van der Waals surface area contributed by atoms with Crippen LogP contribution in [0.1, 0.15) is 42.4 Å². The number of nitrogens with zero attached hydrogens (tertiary/aromatic N) is 3. The molecule has 0 aliphatic rings. The molecule has 0 bridgehead atoms. The van der Waals surface area contributed by atoms with Crippen LogP contribution >= 0.6 is 0 Å². The number of hydrogen-bond acceptors (Lipinski definition) is 4. The van der Waals surface area contributed by atoms with Crippen LogP contribution in [-0.4, -0.2) is 48.3 Å². The number of nitrogens with one attached hydrogen (secondary N) is 1. The molecule has 6 nitrogen and oxygen atoms in total. The van der Waals surface area contributed by atoms with Gasteiger partial charge in [-0.05, 0) is 51.6 Å². The highest BCUT2D eigenvalue weighted by Crippen LogP contribution is 2.22. The number of carbonyl (C=O) groups excluding carboxylic acids is 1. The van der Waals surface area contributed by atoms with Crippen molar-refractivity contribution in [2.45, 2.75) is 46.7 Å². The van der Waals surface area contributed by atoms with E-state index in [1.54, 1.807) is 7.11 Å². The highest BCUT2D eigenvalue weighted by molar-refractivity contribution is 5.79. The first-order valence-electron chi connectivity index (χ1n) is 9.82. The minimum absolute atomic E-state index is 0.0186. The van der Waals surface area contributed by atoms with E-state index >= 15 is 0 Å². The molecule has 0 saturated heterocycles. The molecule has 0 radical (unpaired) electrons. The second-order valence-corrected chi connectivity index (χ2v) is 7.96. The third kappa shape index (κ3) is 5.58. The van der Waals surface area contributed by atoms with Gasteiger partial charge in [0.05, 0.1) is 25.3 Å². The van der Waals surface area contributed by atoms with Crippen LogP contribution in [0.15, 0.2) is 24.3 Å². The molecule has 0 saturated carbocycles. The predicted octanol–water partition coefficient (Wildman–Crippen LogP) is 3.13. The standard InChI is InChI=1S/C22H34N4O2/c1-15(2)14-26-17(4)20(16(3)24-26)12-22(27)23-13-21(25(5)6)18-9-8-10-19(11-18)28-7/h8-11,15,21H,12-14H2,1-7H3,(H,23,27). The third-order valence-corrected chi connectivity index (χ3v) is 5.00. The SMILES string of the molecule is COc1cccc(C(CNC(=O)Cc2c(C)nn(CC(C)C)c2C)N(C)C)c1. The molecular weight excluding hydrogens is 352 g/mol. The quantitative estimate of drug-likeness (QED) is 0.719. The zero-order chi connectivity index (χ0) is 20.8. The summed E-state index contributed by atoms with van der Waals surface area (Å²) in [4.78, 5) is 14.7. The summed E-state index contributed by atoms with van der Waals surface area (Å²) in [6, 6.07) is 8.05. The molecule has 1 aromatic carbocycles. The molecule has 154 valence electrons. The molecule has 2 aromatic rings. The molecule has 1 aromatic heterocycles. The molecule has 1 unspecified atom stereocenters. The van der Waals surface area contributed by atoms with Crippen LogP contribution in [0, 0.1) is 19.8 Å². The maximum absolute atomic E-state index is 12.6. The van der Waals surface area contributed by atoms with E-state index in [2.05, 4.69) is 35.2 Å². The fraction of sp³-hybridized carbons (Fsp3) is 0.545. The van der Waals surface area contributed by atoms with Crippen molar-refractivity contribution in [3.05, 3.63) is 46.8 Å². The molecule has 1 amide bonds. The lowest BCUT2D eigenvalue weighted by Gasteiger charge is -2.25. The van der Waals surface area contributed by atoms with Crippen LogP contribution in [0.5, 0.6) is 5.75 Å². The van der Waals surface area contributed by atoms with E-state index in [1.165, 1.54) is 0 Å². The second-order valence-electron chi connectivity index (χ2n) is 7.96. The monoisotopic (exact) mass is 386 g/mol. The van der Waals surface area contributed by atoms with E-state index in [0.717, 1.165) is 34.8 Å². The molecule has 0 aliphatic heterocycles. The Bertz CT molecular complexity index is 796. The van der Waals surface area contributed by atoms with Crippen LogP contribution in [0.2, 0.25) is 0 Å². The molecule has 0 aliphatic carbocycles. The van der Waals surface area contributed by atoms with E-state index in [1.807, 2.05) is 50.8 Å². The third-order valence-electron chi connectivity index (χ3n) is 5.00. The van der Waals surface area contributed by atoms with Gasteiger partial charge < -0.3 is 15.0 Å². The van der Waals surface area contributed by atoms with Gasteiger partial charge in [-0.15, -0.1) is 0 Å². The van der Waals surface area contributed by atoms with E-state index in [9.17, 15) is 4.79 Å². The number of aromatic nitrogens is 2. The highest BCUT2D eigenvalue weighted by atomic mass is 16.5.